The molecule has 0 fully saturated rings. The molecule has 6 heteroatoms. The summed E-state index contributed by atoms with van der Waals surface area (Å²) in [5.41, 5.74) is 0. The molecule has 0 aliphatic carbocycles. The zero-order chi connectivity index (χ0) is 11.3. The normalized spacial score (nSPS) is 14.0. The lowest BCUT2D eigenvalue weighted by Crippen LogP contribution is -2.28. The summed E-state index contributed by atoms with van der Waals surface area (Å²) in [6.45, 7) is 1.84. The lowest BCUT2D eigenvalue weighted by atomic mass is 10.3. The van der Waals surface area contributed by atoms with E-state index in [9.17, 15) is 8.42 Å². The van der Waals surface area contributed by atoms with E-state index in [4.69, 9.17) is 11.6 Å². The van der Waals surface area contributed by atoms with E-state index < -0.39 is 10.0 Å². The Morgan fingerprint density at radius 3 is 2.87 bits per heavy atom. The van der Waals surface area contributed by atoms with E-state index in [2.05, 4.69) is 4.72 Å². The number of rotatable bonds is 6. The van der Waals surface area contributed by atoms with Crippen LogP contribution in [0.1, 0.15) is 24.3 Å². The molecule has 0 amide bonds. The van der Waals surface area contributed by atoms with E-state index in [1.807, 2.05) is 24.4 Å². The molecular weight excluding hydrogens is 254 g/mol. The van der Waals surface area contributed by atoms with Gasteiger partial charge in [-0.15, -0.1) is 22.9 Å². The van der Waals surface area contributed by atoms with E-state index in [0.717, 1.165) is 4.88 Å². The van der Waals surface area contributed by atoms with Crippen molar-refractivity contribution in [3.63, 3.8) is 0 Å². The van der Waals surface area contributed by atoms with Crippen molar-refractivity contribution in [1.29, 1.82) is 0 Å². The Bertz CT molecular complexity index is 375. The molecule has 0 saturated carbocycles. The maximum Gasteiger partial charge on any atom is 0.212 e. The zero-order valence-electron chi connectivity index (χ0n) is 8.44. The summed E-state index contributed by atoms with van der Waals surface area (Å²) < 4.78 is 25.7. The highest BCUT2D eigenvalue weighted by Crippen LogP contribution is 2.18. The van der Waals surface area contributed by atoms with Gasteiger partial charge in [0.25, 0.3) is 0 Å². The van der Waals surface area contributed by atoms with Gasteiger partial charge in [0.2, 0.25) is 10.0 Å². The monoisotopic (exact) mass is 267 g/mol. The molecular formula is C9H14ClNO2S2. The van der Waals surface area contributed by atoms with E-state index in [-0.39, 0.29) is 11.8 Å². The van der Waals surface area contributed by atoms with Crippen LogP contribution in [0.3, 0.4) is 0 Å². The molecule has 1 N–H and O–H groups in total. The standard InChI is InChI=1S/C9H14ClNO2S2/c1-8(9-4-2-6-14-9)11-15(12,13)7-3-5-10/h2,4,6,8,11H,3,5,7H2,1H3. The first-order valence-electron chi connectivity index (χ1n) is 4.64. The predicted molar refractivity (Wildman–Crippen MR) is 65.0 cm³/mol. The molecule has 1 rings (SSSR count). The minimum atomic E-state index is -3.20. The maximum absolute atomic E-state index is 11.5. The topological polar surface area (TPSA) is 46.2 Å². The Hall–Kier alpha value is -0.100. The van der Waals surface area contributed by atoms with Crippen molar-refractivity contribution in [3.05, 3.63) is 22.4 Å². The third-order valence-electron chi connectivity index (χ3n) is 1.87. The number of nitrogens with one attached hydrogen (secondary N) is 1. The van der Waals surface area contributed by atoms with Crippen LogP contribution in [-0.2, 0) is 10.0 Å². The van der Waals surface area contributed by atoms with Crippen LogP contribution in [-0.4, -0.2) is 20.1 Å². The highest BCUT2D eigenvalue weighted by atomic mass is 35.5. The SMILES string of the molecule is CC(NS(=O)(=O)CCCCl)c1cccs1. The average Bonchev–Trinajstić information content (AvgIpc) is 2.67. The molecule has 0 saturated heterocycles. The average molecular weight is 268 g/mol. The summed E-state index contributed by atoms with van der Waals surface area (Å²) in [7, 11) is -3.20. The number of halogens is 1. The predicted octanol–water partition coefficient (Wildman–Crippen LogP) is 2.36. The number of alkyl halides is 1. The van der Waals surface area contributed by atoms with Crippen LogP contribution in [0.4, 0.5) is 0 Å². The van der Waals surface area contributed by atoms with Crippen molar-refractivity contribution in [2.24, 2.45) is 0 Å². The summed E-state index contributed by atoms with van der Waals surface area (Å²) in [4.78, 5) is 1.02. The van der Waals surface area contributed by atoms with Crippen LogP contribution in [0.5, 0.6) is 0 Å². The molecule has 0 bridgehead atoms. The van der Waals surface area contributed by atoms with Gasteiger partial charge in [0.15, 0.2) is 0 Å². The van der Waals surface area contributed by atoms with Gasteiger partial charge in [-0.1, -0.05) is 6.07 Å². The summed E-state index contributed by atoms with van der Waals surface area (Å²) in [6.07, 6.45) is 0.480. The number of sulfonamides is 1. The molecule has 0 aromatic carbocycles. The Morgan fingerprint density at radius 1 is 1.60 bits per heavy atom. The van der Waals surface area contributed by atoms with Crippen molar-refractivity contribution >= 4 is 33.0 Å². The molecule has 86 valence electrons. The van der Waals surface area contributed by atoms with Gasteiger partial charge in [-0.05, 0) is 24.8 Å². The van der Waals surface area contributed by atoms with Gasteiger partial charge in [0.05, 0.1) is 11.8 Å². The minimum Gasteiger partial charge on any atom is -0.212 e. The first kappa shape index (κ1) is 13.0. The van der Waals surface area contributed by atoms with Crippen LogP contribution in [0.2, 0.25) is 0 Å². The largest absolute Gasteiger partial charge is 0.212 e. The Morgan fingerprint density at radius 2 is 2.33 bits per heavy atom. The van der Waals surface area contributed by atoms with Crippen molar-refractivity contribution in [2.45, 2.75) is 19.4 Å². The molecule has 1 heterocycles. The van der Waals surface area contributed by atoms with E-state index >= 15 is 0 Å². The van der Waals surface area contributed by atoms with Gasteiger partial charge in [-0.3, -0.25) is 0 Å². The summed E-state index contributed by atoms with van der Waals surface area (Å²) in [5.74, 6) is 0.459. The van der Waals surface area contributed by atoms with Gasteiger partial charge in [-0.2, -0.15) is 0 Å². The number of thiophene rings is 1. The fraction of sp³-hybridized carbons (Fsp3) is 0.556. The molecule has 0 spiro atoms. The van der Waals surface area contributed by atoms with Crippen LogP contribution < -0.4 is 4.72 Å². The molecule has 0 aliphatic rings. The van der Waals surface area contributed by atoms with Crippen molar-refractivity contribution in [3.8, 4) is 0 Å². The lowest BCUT2D eigenvalue weighted by Gasteiger charge is -2.12. The molecule has 1 atom stereocenters. The first-order valence-corrected chi connectivity index (χ1v) is 7.71. The van der Waals surface area contributed by atoms with Crippen LogP contribution in [0.25, 0.3) is 0 Å². The van der Waals surface area contributed by atoms with Crippen LogP contribution in [0.15, 0.2) is 17.5 Å². The molecule has 1 unspecified atom stereocenters. The fourth-order valence-electron chi connectivity index (χ4n) is 1.17. The Balaban J connectivity index is 2.54. The lowest BCUT2D eigenvalue weighted by molar-refractivity contribution is 0.567. The highest BCUT2D eigenvalue weighted by molar-refractivity contribution is 7.89. The van der Waals surface area contributed by atoms with Crippen molar-refractivity contribution in [1.82, 2.24) is 4.72 Å². The van der Waals surface area contributed by atoms with Gasteiger partial charge in [-0.25, -0.2) is 13.1 Å². The summed E-state index contributed by atoms with van der Waals surface area (Å²) >= 11 is 7.00. The van der Waals surface area contributed by atoms with Gasteiger partial charge >= 0.3 is 0 Å². The molecule has 3 nitrogen and oxygen atoms in total. The number of hydrogen-bond donors (Lipinski definition) is 1. The summed E-state index contributed by atoms with van der Waals surface area (Å²) in [5, 5.41) is 1.93. The Kier molecular flexibility index (Phi) is 5.05. The zero-order valence-corrected chi connectivity index (χ0v) is 10.8. The van der Waals surface area contributed by atoms with E-state index in [1.54, 1.807) is 11.3 Å². The minimum absolute atomic E-state index is 0.0895. The maximum atomic E-state index is 11.5. The Labute approximate surface area is 99.5 Å². The van der Waals surface area contributed by atoms with E-state index in [0.29, 0.717) is 12.3 Å². The second-order valence-corrected chi connectivity index (χ2v) is 6.45. The second-order valence-electron chi connectivity index (χ2n) is 3.22. The van der Waals surface area contributed by atoms with Crippen molar-refractivity contribution < 1.29 is 8.42 Å². The van der Waals surface area contributed by atoms with E-state index in [1.165, 1.54) is 0 Å². The molecule has 1 aromatic heterocycles. The molecule has 1 aromatic rings. The smallest absolute Gasteiger partial charge is 0.212 e. The molecule has 0 aliphatic heterocycles. The third-order valence-corrected chi connectivity index (χ3v) is 4.73. The van der Waals surface area contributed by atoms with Crippen LogP contribution in [0, 0.1) is 0 Å². The molecule has 0 radical (unpaired) electrons. The third kappa shape index (κ3) is 4.51. The van der Waals surface area contributed by atoms with Gasteiger partial charge < -0.3 is 0 Å². The quantitative estimate of drug-likeness (QED) is 0.805. The van der Waals surface area contributed by atoms with Gasteiger partial charge in [0.1, 0.15) is 0 Å². The fourth-order valence-corrected chi connectivity index (χ4v) is 3.58. The summed E-state index contributed by atoms with van der Waals surface area (Å²) in [6, 6.07) is 3.66. The highest BCUT2D eigenvalue weighted by Gasteiger charge is 2.15. The van der Waals surface area contributed by atoms with Gasteiger partial charge in [0, 0.05) is 10.8 Å². The number of hydrogen-bond acceptors (Lipinski definition) is 3. The van der Waals surface area contributed by atoms with Crippen LogP contribution >= 0.6 is 22.9 Å². The van der Waals surface area contributed by atoms with Crippen molar-refractivity contribution in [2.75, 3.05) is 11.6 Å². The molecule has 15 heavy (non-hydrogen) atoms. The second kappa shape index (κ2) is 5.84. The first-order chi connectivity index (χ1) is 7.05.